The molecule has 3 heterocycles. The number of amides is 1. The lowest BCUT2D eigenvalue weighted by Crippen LogP contribution is -2.36. The van der Waals surface area contributed by atoms with Crippen molar-refractivity contribution in [3.8, 4) is 11.5 Å². The summed E-state index contributed by atoms with van der Waals surface area (Å²) in [6.45, 7) is 2.87. The van der Waals surface area contributed by atoms with Gasteiger partial charge >= 0.3 is 0 Å². The molecule has 29 heavy (non-hydrogen) atoms. The zero-order chi connectivity index (χ0) is 19.8. The highest BCUT2D eigenvalue weighted by Gasteiger charge is 2.32. The summed E-state index contributed by atoms with van der Waals surface area (Å²) in [7, 11) is 0. The van der Waals surface area contributed by atoms with Crippen molar-refractivity contribution in [2.24, 2.45) is 0 Å². The number of nitrogens with one attached hydrogen (secondary N) is 1. The molecule has 7 nitrogen and oxygen atoms in total. The fourth-order valence-electron chi connectivity index (χ4n) is 3.78. The van der Waals surface area contributed by atoms with E-state index in [9.17, 15) is 4.79 Å². The minimum atomic E-state index is -0.128. The number of ether oxygens (including phenoxy) is 2. The largest absolute Gasteiger partial charge is 0.454 e. The molecule has 2 aromatic carbocycles. The van der Waals surface area contributed by atoms with E-state index in [0.717, 1.165) is 29.2 Å². The minimum absolute atomic E-state index is 0.102. The third-order valence-corrected chi connectivity index (χ3v) is 5.22. The van der Waals surface area contributed by atoms with Crippen molar-refractivity contribution < 1.29 is 14.3 Å². The number of carbonyl (C=O) groups is 1. The summed E-state index contributed by atoms with van der Waals surface area (Å²) in [5, 5.41) is 11.5. The standard InChI is InChI=1S/C22H20N4O3/c1-14-10-16-4-2-3-5-18(16)26(14)22(27)17-7-9-21(25-24-17)23-12-15-6-8-19-20(11-15)29-13-28-19/h2-9,11,14H,10,12-13H2,1H3,(H,23,25). The first-order valence-electron chi connectivity index (χ1n) is 9.56. The molecule has 2 aliphatic heterocycles. The number of hydrogen-bond donors (Lipinski definition) is 1. The number of anilines is 2. The summed E-state index contributed by atoms with van der Waals surface area (Å²) in [6.07, 6.45) is 0.852. The topological polar surface area (TPSA) is 76.6 Å². The predicted octanol–water partition coefficient (Wildman–Crippen LogP) is 3.41. The SMILES string of the molecule is CC1Cc2ccccc2N1C(=O)c1ccc(NCc2ccc3c(c2)OCO3)nn1. The van der Waals surface area contributed by atoms with Crippen LogP contribution in [0.25, 0.3) is 0 Å². The van der Waals surface area contributed by atoms with Crippen LogP contribution in [0, 0.1) is 0 Å². The van der Waals surface area contributed by atoms with Gasteiger partial charge < -0.3 is 19.7 Å². The van der Waals surface area contributed by atoms with E-state index in [1.807, 2.05) is 43.3 Å². The van der Waals surface area contributed by atoms with Gasteiger partial charge in [0.15, 0.2) is 17.2 Å². The third-order valence-electron chi connectivity index (χ3n) is 5.22. The van der Waals surface area contributed by atoms with Crippen molar-refractivity contribution in [2.45, 2.75) is 25.9 Å². The summed E-state index contributed by atoms with van der Waals surface area (Å²) >= 11 is 0. The first-order valence-corrected chi connectivity index (χ1v) is 9.56. The first kappa shape index (κ1) is 17.5. The Morgan fingerprint density at radius 1 is 1.10 bits per heavy atom. The van der Waals surface area contributed by atoms with Gasteiger partial charge in [0.25, 0.3) is 5.91 Å². The molecule has 0 saturated carbocycles. The molecule has 5 rings (SSSR count). The lowest BCUT2D eigenvalue weighted by molar-refractivity contribution is 0.0975. The molecule has 0 aliphatic carbocycles. The van der Waals surface area contributed by atoms with Crippen molar-refractivity contribution in [3.05, 3.63) is 71.4 Å². The van der Waals surface area contributed by atoms with Crippen LogP contribution in [-0.4, -0.2) is 28.9 Å². The van der Waals surface area contributed by atoms with E-state index in [-0.39, 0.29) is 18.7 Å². The summed E-state index contributed by atoms with van der Waals surface area (Å²) in [4.78, 5) is 14.8. The fraction of sp³-hybridized carbons (Fsp3) is 0.227. The van der Waals surface area contributed by atoms with E-state index in [4.69, 9.17) is 9.47 Å². The Morgan fingerprint density at radius 3 is 2.83 bits per heavy atom. The van der Waals surface area contributed by atoms with Gasteiger partial charge in [-0.15, -0.1) is 10.2 Å². The zero-order valence-electron chi connectivity index (χ0n) is 16.0. The Bertz CT molecular complexity index is 1070. The normalized spacial score (nSPS) is 16.6. The number of benzene rings is 2. The number of nitrogens with zero attached hydrogens (tertiary/aromatic N) is 3. The summed E-state index contributed by atoms with van der Waals surface area (Å²) in [5.41, 5.74) is 3.51. The van der Waals surface area contributed by atoms with Gasteiger partial charge in [-0.2, -0.15) is 0 Å². The molecule has 0 spiro atoms. The number of para-hydroxylation sites is 1. The van der Waals surface area contributed by atoms with Crippen molar-refractivity contribution in [3.63, 3.8) is 0 Å². The average Bonchev–Trinajstić information content (AvgIpc) is 3.35. The van der Waals surface area contributed by atoms with Crippen LogP contribution in [0.2, 0.25) is 0 Å². The second-order valence-electron chi connectivity index (χ2n) is 7.20. The highest BCUT2D eigenvalue weighted by atomic mass is 16.7. The van der Waals surface area contributed by atoms with E-state index < -0.39 is 0 Å². The summed E-state index contributed by atoms with van der Waals surface area (Å²) < 4.78 is 10.7. The molecule has 0 radical (unpaired) electrons. The smallest absolute Gasteiger partial charge is 0.279 e. The average molecular weight is 388 g/mol. The van der Waals surface area contributed by atoms with Gasteiger partial charge in [0.05, 0.1) is 0 Å². The van der Waals surface area contributed by atoms with E-state index in [0.29, 0.717) is 18.1 Å². The van der Waals surface area contributed by atoms with Crippen LogP contribution in [0.3, 0.4) is 0 Å². The van der Waals surface area contributed by atoms with Gasteiger partial charge in [0.2, 0.25) is 6.79 Å². The van der Waals surface area contributed by atoms with Crippen molar-refractivity contribution in [1.82, 2.24) is 10.2 Å². The van der Waals surface area contributed by atoms with E-state index in [2.05, 4.69) is 21.6 Å². The number of carbonyl (C=O) groups excluding carboxylic acids is 1. The van der Waals surface area contributed by atoms with Crippen molar-refractivity contribution in [1.29, 1.82) is 0 Å². The summed E-state index contributed by atoms with van der Waals surface area (Å²) in [6, 6.07) is 17.4. The van der Waals surface area contributed by atoms with Gasteiger partial charge in [0.1, 0.15) is 5.82 Å². The third kappa shape index (κ3) is 3.24. The van der Waals surface area contributed by atoms with Crippen LogP contribution in [0.5, 0.6) is 11.5 Å². The highest BCUT2D eigenvalue weighted by molar-refractivity contribution is 6.06. The Hall–Kier alpha value is -3.61. The molecule has 1 atom stereocenters. The molecule has 2 aliphatic rings. The molecule has 0 saturated heterocycles. The molecule has 7 heteroatoms. The monoisotopic (exact) mass is 388 g/mol. The predicted molar refractivity (Wildman–Crippen MR) is 108 cm³/mol. The molecule has 1 amide bonds. The maximum absolute atomic E-state index is 13.0. The maximum Gasteiger partial charge on any atom is 0.279 e. The van der Waals surface area contributed by atoms with Gasteiger partial charge in [-0.3, -0.25) is 4.79 Å². The molecular formula is C22H20N4O3. The summed E-state index contributed by atoms with van der Waals surface area (Å²) in [5.74, 6) is 1.98. The van der Waals surface area contributed by atoms with Crippen molar-refractivity contribution in [2.75, 3.05) is 17.0 Å². The maximum atomic E-state index is 13.0. The number of aromatic nitrogens is 2. The van der Waals surface area contributed by atoms with Gasteiger partial charge in [-0.25, -0.2) is 0 Å². The van der Waals surface area contributed by atoms with Crippen LogP contribution in [0.1, 0.15) is 28.5 Å². The molecule has 1 aromatic heterocycles. The quantitative estimate of drug-likeness (QED) is 0.738. The van der Waals surface area contributed by atoms with Gasteiger partial charge in [-0.1, -0.05) is 24.3 Å². The van der Waals surface area contributed by atoms with Crippen LogP contribution in [-0.2, 0) is 13.0 Å². The molecule has 0 bridgehead atoms. The molecule has 146 valence electrons. The number of fused-ring (bicyclic) bond motifs is 2. The van der Waals surface area contributed by atoms with Crippen LogP contribution in [0.4, 0.5) is 11.5 Å². The van der Waals surface area contributed by atoms with E-state index in [1.54, 1.807) is 17.0 Å². The molecule has 0 fully saturated rings. The van der Waals surface area contributed by atoms with Gasteiger partial charge in [-0.05, 0) is 54.8 Å². The Balaban J connectivity index is 1.27. The Labute approximate surface area is 168 Å². The zero-order valence-corrected chi connectivity index (χ0v) is 16.0. The number of hydrogen-bond acceptors (Lipinski definition) is 6. The lowest BCUT2D eigenvalue weighted by atomic mass is 10.1. The second-order valence-corrected chi connectivity index (χ2v) is 7.20. The fourth-order valence-corrected chi connectivity index (χ4v) is 3.78. The molecule has 1 unspecified atom stereocenters. The molecular weight excluding hydrogens is 368 g/mol. The van der Waals surface area contributed by atoms with E-state index >= 15 is 0 Å². The highest BCUT2D eigenvalue weighted by Crippen LogP contribution is 2.33. The van der Waals surface area contributed by atoms with Crippen molar-refractivity contribution >= 4 is 17.4 Å². The van der Waals surface area contributed by atoms with Gasteiger partial charge in [0, 0.05) is 18.3 Å². The second kappa shape index (κ2) is 7.09. The lowest BCUT2D eigenvalue weighted by Gasteiger charge is -2.22. The molecule has 3 aromatic rings. The molecule has 1 N–H and O–H groups in total. The Morgan fingerprint density at radius 2 is 1.97 bits per heavy atom. The number of rotatable bonds is 4. The van der Waals surface area contributed by atoms with Crippen LogP contribution >= 0.6 is 0 Å². The van der Waals surface area contributed by atoms with Crippen LogP contribution in [0.15, 0.2) is 54.6 Å². The minimum Gasteiger partial charge on any atom is -0.454 e. The van der Waals surface area contributed by atoms with E-state index in [1.165, 1.54) is 5.56 Å². The first-order chi connectivity index (χ1) is 14.2. The Kier molecular flexibility index (Phi) is 4.27. The van der Waals surface area contributed by atoms with Crippen LogP contribution < -0.4 is 19.7 Å².